The average molecular weight is 401 g/mol. The summed E-state index contributed by atoms with van der Waals surface area (Å²) in [7, 11) is 1.63. The molecule has 0 bridgehead atoms. The molecule has 0 aliphatic heterocycles. The highest BCUT2D eigenvalue weighted by atomic mass is 32.1. The molecule has 2 heterocycles. The number of hydrogen-bond acceptors (Lipinski definition) is 6. The van der Waals surface area contributed by atoms with Crippen molar-refractivity contribution in [2.45, 2.75) is 32.6 Å². The Labute approximate surface area is 169 Å². The van der Waals surface area contributed by atoms with E-state index in [0.717, 1.165) is 17.7 Å². The van der Waals surface area contributed by atoms with Gasteiger partial charge in [-0.2, -0.15) is 9.78 Å². The van der Waals surface area contributed by atoms with Crippen LogP contribution in [0.2, 0.25) is 0 Å². The van der Waals surface area contributed by atoms with Crippen LogP contribution < -0.4 is 9.47 Å². The summed E-state index contributed by atoms with van der Waals surface area (Å²) in [5, 5.41) is 11.3. The van der Waals surface area contributed by atoms with Gasteiger partial charge in [-0.15, -0.1) is 5.10 Å². The van der Waals surface area contributed by atoms with Gasteiger partial charge in [-0.3, -0.25) is 0 Å². The van der Waals surface area contributed by atoms with E-state index in [1.54, 1.807) is 31.7 Å². The zero-order valence-corrected chi connectivity index (χ0v) is 16.9. The van der Waals surface area contributed by atoms with Crippen LogP contribution in [-0.2, 0) is 0 Å². The smallest absolute Gasteiger partial charge is 0.219 e. The second-order valence-electron chi connectivity index (χ2n) is 6.21. The van der Waals surface area contributed by atoms with Crippen molar-refractivity contribution in [3.8, 4) is 23.1 Å². The van der Waals surface area contributed by atoms with Crippen LogP contribution in [0.4, 0.5) is 0 Å². The Bertz CT molecular complexity index is 960. The number of benzene rings is 1. The predicted molar refractivity (Wildman–Crippen MR) is 111 cm³/mol. The van der Waals surface area contributed by atoms with Crippen LogP contribution in [0.5, 0.6) is 11.5 Å². The lowest BCUT2D eigenvalue weighted by molar-refractivity contribution is 0.285. The first kappa shape index (κ1) is 19.9. The third-order valence-electron chi connectivity index (χ3n) is 4.16. The van der Waals surface area contributed by atoms with E-state index in [1.165, 1.54) is 23.9 Å². The standard InChI is InChI=1S/C20H24N4O3S/c1-3-4-5-6-11-26-16-10-9-15(13-18(16)25-2)14-21-24-19(22-23-20(24)28)17-8-7-12-27-17/h7-10,12-14H,3-6,11H2,1-2H3,(H,23,28)/b21-14-. The molecule has 2 aromatic heterocycles. The van der Waals surface area contributed by atoms with Crippen LogP contribution in [0.25, 0.3) is 11.6 Å². The van der Waals surface area contributed by atoms with Gasteiger partial charge in [0.1, 0.15) is 0 Å². The lowest BCUT2D eigenvalue weighted by atomic mass is 10.2. The van der Waals surface area contributed by atoms with Gasteiger partial charge in [-0.1, -0.05) is 26.2 Å². The highest BCUT2D eigenvalue weighted by Gasteiger charge is 2.10. The molecule has 0 unspecified atom stereocenters. The van der Waals surface area contributed by atoms with Crippen LogP contribution >= 0.6 is 12.2 Å². The Balaban J connectivity index is 1.73. The van der Waals surface area contributed by atoms with Crippen molar-refractivity contribution in [1.82, 2.24) is 14.9 Å². The monoisotopic (exact) mass is 400 g/mol. The summed E-state index contributed by atoms with van der Waals surface area (Å²) < 4.78 is 18.6. The molecule has 0 amide bonds. The van der Waals surface area contributed by atoms with E-state index in [1.807, 2.05) is 18.2 Å². The van der Waals surface area contributed by atoms with E-state index < -0.39 is 0 Å². The van der Waals surface area contributed by atoms with Crippen molar-refractivity contribution in [3.63, 3.8) is 0 Å². The topological polar surface area (TPSA) is 77.6 Å². The maximum Gasteiger partial charge on any atom is 0.219 e. The zero-order chi connectivity index (χ0) is 19.8. The Morgan fingerprint density at radius 2 is 2.14 bits per heavy atom. The summed E-state index contributed by atoms with van der Waals surface area (Å²) in [4.78, 5) is 0. The molecule has 0 aliphatic carbocycles. The number of aromatic amines is 1. The van der Waals surface area contributed by atoms with Crippen molar-refractivity contribution in [2.75, 3.05) is 13.7 Å². The van der Waals surface area contributed by atoms with Gasteiger partial charge in [-0.05, 0) is 54.5 Å². The van der Waals surface area contributed by atoms with Crippen LogP contribution in [0.3, 0.4) is 0 Å². The Morgan fingerprint density at radius 3 is 2.89 bits per heavy atom. The lowest BCUT2D eigenvalue weighted by Gasteiger charge is -2.11. The summed E-state index contributed by atoms with van der Waals surface area (Å²) >= 11 is 5.25. The Morgan fingerprint density at radius 1 is 1.25 bits per heavy atom. The van der Waals surface area contributed by atoms with Crippen LogP contribution in [-0.4, -0.2) is 34.8 Å². The number of methoxy groups -OCH3 is 1. The number of furan rings is 1. The Hall–Kier alpha value is -2.87. The van der Waals surface area contributed by atoms with E-state index in [9.17, 15) is 0 Å². The van der Waals surface area contributed by atoms with E-state index >= 15 is 0 Å². The molecule has 0 saturated heterocycles. The van der Waals surface area contributed by atoms with Crippen molar-refractivity contribution in [2.24, 2.45) is 5.10 Å². The molecule has 0 spiro atoms. The highest BCUT2D eigenvalue weighted by Crippen LogP contribution is 2.28. The molecule has 148 valence electrons. The van der Waals surface area contributed by atoms with Crippen molar-refractivity contribution < 1.29 is 13.9 Å². The quantitative estimate of drug-likeness (QED) is 0.293. The molecular weight excluding hydrogens is 376 g/mol. The molecule has 0 radical (unpaired) electrons. The first-order chi connectivity index (χ1) is 13.7. The van der Waals surface area contributed by atoms with Crippen molar-refractivity contribution >= 4 is 18.4 Å². The fourth-order valence-corrected chi connectivity index (χ4v) is 2.86. The third kappa shape index (κ3) is 4.89. The van der Waals surface area contributed by atoms with Gasteiger partial charge in [0.15, 0.2) is 17.3 Å². The molecule has 1 aromatic carbocycles. The number of aromatic nitrogens is 3. The Kier molecular flexibility index (Phi) is 7.02. The summed E-state index contributed by atoms with van der Waals surface area (Å²) in [5.74, 6) is 2.48. The second-order valence-corrected chi connectivity index (χ2v) is 6.59. The lowest BCUT2D eigenvalue weighted by Crippen LogP contribution is -2.00. The molecule has 1 N–H and O–H groups in total. The number of nitrogens with one attached hydrogen (secondary N) is 1. The molecule has 3 aromatic rings. The van der Waals surface area contributed by atoms with Gasteiger partial charge in [0.05, 0.1) is 26.2 Å². The highest BCUT2D eigenvalue weighted by molar-refractivity contribution is 7.71. The first-order valence-electron chi connectivity index (χ1n) is 9.29. The molecular formula is C20H24N4O3S. The van der Waals surface area contributed by atoms with Gasteiger partial charge < -0.3 is 13.9 Å². The van der Waals surface area contributed by atoms with E-state index in [0.29, 0.717) is 28.7 Å². The fourth-order valence-electron chi connectivity index (χ4n) is 2.68. The van der Waals surface area contributed by atoms with Crippen molar-refractivity contribution in [1.29, 1.82) is 0 Å². The molecule has 0 aliphatic rings. The predicted octanol–water partition coefficient (Wildman–Crippen LogP) is 5.05. The second kappa shape index (κ2) is 9.89. The number of ether oxygens (including phenoxy) is 2. The van der Waals surface area contributed by atoms with Crippen LogP contribution in [0.15, 0.2) is 46.1 Å². The summed E-state index contributed by atoms with van der Waals surface area (Å²) in [6, 6.07) is 9.27. The normalized spacial score (nSPS) is 11.2. The number of nitrogens with zero attached hydrogens (tertiary/aromatic N) is 3. The number of rotatable bonds is 10. The third-order valence-corrected chi connectivity index (χ3v) is 4.42. The largest absolute Gasteiger partial charge is 0.493 e. The number of H-pyrrole nitrogens is 1. The van der Waals surface area contributed by atoms with Crippen LogP contribution in [0.1, 0.15) is 38.2 Å². The summed E-state index contributed by atoms with van der Waals surface area (Å²) in [6.07, 6.45) is 7.91. The molecule has 0 saturated carbocycles. The number of unbranched alkanes of at least 4 members (excludes halogenated alkanes) is 3. The SMILES string of the molecule is CCCCCCOc1ccc(/C=N\n2c(-c3ccco3)n[nH]c2=S)cc1OC. The van der Waals surface area contributed by atoms with Gasteiger partial charge in [0, 0.05) is 0 Å². The molecule has 28 heavy (non-hydrogen) atoms. The molecule has 0 fully saturated rings. The molecule has 8 heteroatoms. The van der Waals surface area contributed by atoms with Gasteiger partial charge >= 0.3 is 0 Å². The maximum absolute atomic E-state index is 5.85. The minimum Gasteiger partial charge on any atom is -0.493 e. The minimum atomic E-state index is 0.377. The van der Waals surface area contributed by atoms with Gasteiger partial charge in [0.25, 0.3) is 0 Å². The zero-order valence-electron chi connectivity index (χ0n) is 16.1. The molecule has 7 nitrogen and oxygen atoms in total. The van der Waals surface area contributed by atoms with Gasteiger partial charge in [0.2, 0.25) is 10.6 Å². The van der Waals surface area contributed by atoms with E-state index in [-0.39, 0.29) is 0 Å². The molecule has 0 atom stereocenters. The van der Waals surface area contributed by atoms with Gasteiger partial charge in [-0.25, -0.2) is 5.10 Å². The first-order valence-corrected chi connectivity index (χ1v) is 9.70. The minimum absolute atomic E-state index is 0.377. The maximum atomic E-state index is 5.85. The number of hydrogen-bond donors (Lipinski definition) is 1. The van der Waals surface area contributed by atoms with Crippen LogP contribution in [0, 0.1) is 4.77 Å². The van der Waals surface area contributed by atoms with E-state index in [2.05, 4.69) is 22.2 Å². The van der Waals surface area contributed by atoms with E-state index in [4.69, 9.17) is 26.1 Å². The average Bonchev–Trinajstić information content (AvgIpc) is 3.36. The summed E-state index contributed by atoms with van der Waals surface area (Å²) in [6.45, 7) is 2.87. The summed E-state index contributed by atoms with van der Waals surface area (Å²) in [5.41, 5.74) is 0.851. The molecule has 3 rings (SSSR count). The fraction of sp³-hybridized carbons (Fsp3) is 0.350. The van der Waals surface area contributed by atoms with Crippen molar-refractivity contribution in [3.05, 3.63) is 46.9 Å².